The number of benzene rings is 1. The molecule has 2 rings (SSSR count). The van der Waals surface area contributed by atoms with Crippen LogP contribution in [0.3, 0.4) is 0 Å². The first-order chi connectivity index (χ1) is 9.95. The van der Waals surface area contributed by atoms with Gasteiger partial charge in [-0.15, -0.1) is 0 Å². The van der Waals surface area contributed by atoms with Gasteiger partial charge in [0.1, 0.15) is 17.9 Å². The monoisotopic (exact) mass is 297 g/mol. The van der Waals surface area contributed by atoms with Crippen molar-refractivity contribution in [3.63, 3.8) is 0 Å². The van der Waals surface area contributed by atoms with Crippen molar-refractivity contribution in [2.24, 2.45) is 5.92 Å². The fourth-order valence-electron chi connectivity index (χ4n) is 2.86. The second-order valence-corrected chi connectivity index (χ2v) is 5.43. The quantitative estimate of drug-likeness (QED) is 0.793. The summed E-state index contributed by atoms with van der Waals surface area (Å²) in [6.45, 7) is 2.09. The van der Waals surface area contributed by atoms with Crippen molar-refractivity contribution in [1.82, 2.24) is 0 Å². The van der Waals surface area contributed by atoms with Crippen molar-refractivity contribution < 1.29 is 17.9 Å². The van der Waals surface area contributed by atoms with Gasteiger partial charge < -0.3 is 4.74 Å². The predicted molar refractivity (Wildman–Crippen MR) is 72.8 cm³/mol. The van der Waals surface area contributed by atoms with E-state index in [1.807, 2.05) is 0 Å². The first-order valence-corrected chi connectivity index (χ1v) is 7.23. The number of alkyl halides is 3. The van der Waals surface area contributed by atoms with Crippen LogP contribution in [0.1, 0.15) is 50.2 Å². The molecule has 1 aliphatic rings. The molecular formula is C16H18F3NO. The lowest BCUT2D eigenvalue weighted by molar-refractivity contribution is -0.137. The number of halogens is 3. The van der Waals surface area contributed by atoms with Gasteiger partial charge in [-0.25, -0.2) is 0 Å². The molecule has 0 aromatic heterocycles. The SMILES string of the molecule is CCC1CCCCC1Oc1ccc(C(F)(F)F)cc1C#N. The Bertz CT molecular complexity index is 533. The van der Waals surface area contributed by atoms with Gasteiger partial charge in [-0.1, -0.05) is 13.3 Å². The average molecular weight is 297 g/mol. The highest BCUT2D eigenvalue weighted by Crippen LogP contribution is 2.35. The van der Waals surface area contributed by atoms with Gasteiger partial charge in [0.15, 0.2) is 0 Å². The molecule has 0 spiro atoms. The standard InChI is InChI=1S/C16H18F3NO/c1-2-11-5-3-4-6-14(11)21-15-8-7-13(16(17,18)19)9-12(15)10-20/h7-9,11,14H,2-6H2,1H3. The molecule has 0 heterocycles. The molecular weight excluding hydrogens is 279 g/mol. The first-order valence-electron chi connectivity index (χ1n) is 7.23. The fourth-order valence-corrected chi connectivity index (χ4v) is 2.86. The highest BCUT2D eigenvalue weighted by molar-refractivity contribution is 5.46. The van der Waals surface area contributed by atoms with Gasteiger partial charge in [-0.2, -0.15) is 18.4 Å². The van der Waals surface area contributed by atoms with E-state index < -0.39 is 11.7 Å². The molecule has 0 amide bonds. The first kappa shape index (κ1) is 15.7. The second-order valence-electron chi connectivity index (χ2n) is 5.43. The summed E-state index contributed by atoms with van der Waals surface area (Å²) in [5.41, 5.74) is -0.868. The molecule has 0 radical (unpaired) electrons. The van der Waals surface area contributed by atoms with Crippen LogP contribution in [0.4, 0.5) is 13.2 Å². The number of rotatable bonds is 3. The summed E-state index contributed by atoms with van der Waals surface area (Å²) in [5.74, 6) is 0.670. The summed E-state index contributed by atoms with van der Waals surface area (Å²) in [4.78, 5) is 0. The van der Waals surface area contributed by atoms with Gasteiger partial charge in [-0.05, 0) is 49.8 Å². The number of nitriles is 1. The molecule has 5 heteroatoms. The Kier molecular flexibility index (Phi) is 4.76. The van der Waals surface area contributed by atoms with Crippen LogP contribution >= 0.6 is 0 Å². The third-order valence-corrected chi connectivity index (χ3v) is 4.07. The molecule has 0 saturated heterocycles. The minimum absolute atomic E-state index is 0.00686. The lowest BCUT2D eigenvalue weighted by Gasteiger charge is -2.31. The van der Waals surface area contributed by atoms with Crippen molar-refractivity contribution in [2.45, 2.75) is 51.3 Å². The molecule has 1 aromatic rings. The molecule has 21 heavy (non-hydrogen) atoms. The number of nitrogens with zero attached hydrogens (tertiary/aromatic N) is 1. The van der Waals surface area contributed by atoms with Gasteiger partial charge in [0.25, 0.3) is 0 Å². The highest BCUT2D eigenvalue weighted by Gasteiger charge is 2.32. The second kappa shape index (κ2) is 6.38. The van der Waals surface area contributed by atoms with Crippen LogP contribution in [-0.4, -0.2) is 6.10 Å². The zero-order chi connectivity index (χ0) is 15.5. The van der Waals surface area contributed by atoms with Crippen LogP contribution in [0.5, 0.6) is 5.75 Å². The van der Waals surface area contributed by atoms with Crippen molar-refractivity contribution in [1.29, 1.82) is 5.26 Å². The molecule has 0 aliphatic heterocycles. The smallest absolute Gasteiger partial charge is 0.416 e. The van der Waals surface area contributed by atoms with E-state index in [4.69, 9.17) is 10.00 Å². The maximum Gasteiger partial charge on any atom is 0.416 e. The molecule has 2 nitrogen and oxygen atoms in total. The Labute approximate surface area is 122 Å². The van der Waals surface area contributed by atoms with Crippen molar-refractivity contribution in [3.8, 4) is 11.8 Å². The highest BCUT2D eigenvalue weighted by atomic mass is 19.4. The van der Waals surface area contributed by atoms with E-state index in [-0.39, 0.29) is 17.4 Å². The number of hydrogen-bond acceptors (Lipinski definition) is 2. The molecule has 1 aromatic carbocycles. The lowest BCUT2D eigenvalue weighted by Crippen LogP contribution is -2.30. The Morgan fingerprint density at radius 1 is 1.29 bits per heavy atom. The predicted octanol–water partition coefficient (Wildman–Crippen LogP) is 4.92. The lowest BCUT2D eigenvalue weighted by atomic mass is 9.84. The minimum Gasteiger partial charge on any atom is -0.489 e. The summed E-state index contributed by atoms with van der Waals surface area (Å²) < 4.78 is 43.8. The zero-order valence-electron chi connectivity index (χ0n) is 11.9. The van der Waals surface area contributed by atoms with Crippen LogP contribution in [-0.2, 0) is 6.18 Å². The van der Waals surface area contributed by atoms with Crippen LogP contribution in [0, 0.1) is 17.2 Å². The molecule has 0 N–H and O–H groups in total. The summed E-state index contributed by atoms with van der Waals surface area (Å²) in [6.07, 6.45) is 0.718. The Morgan fingerprint density at radius 2 is 2.00 bits per heavy atom. The molecule has 2 unspecified atom stereocenters. The van der Waals surface area contributed by atoms with E-state index in [9.17, 15) is 13.2 Å². The summed E-state index contributed by atoms with van der Waals surface area (Å²) in [6, 6.07) is 4.90. The van der Waals surface area contributed by atoms with Crippen molar-refractivity contribution in [3.05, 3.63) is 29.3 Å². The van der Waals surface area contributed by atoms with Gasteiger partial charge in [-0.3, -0.25) is 0 Å². The van der Waals surface area contributed by atoms with Crippen LogP contribution < -0.4 is 4.74 Å². The van der Waals surface area contributed by atoms with E-state index in [1.54, 1.807) is 6.07 Å². The van der Waals surface area contributed by atoms with Gasteiger partial charge in [0, 0.05) is 0 Å². The normalized spacial score (nSPS) is 22.6. The maximum absolute atomic E-state index is 12.7. The summed E-state index contributed by atoms with van der Waals surface area (Å²) in [5, 5.41) is 9.06. The number of ether oxygens (including phenoxy) is 1. The molecule has 1 saturated carbocycles. The fraction of sp³-hybridized carbons (Fsp3) is 0.562. The third-order valence-electron chi connectivity index (χ3n) is 4.07. The largest absolute Gasteiger partial charge is 0.489 e. The molecule has 2 atom stereocenters. The zero-order valence-corrected chi connectivity index (χ0v) is 11.9. The van der Waals surface area contributed by atoms with Crippen LogP contribution in [0.15, 0.2) is 18.2 Å². The third kappa shape index (κ3) is 3.69. The van der Waals surface area contributed by atoms with Crippen molar-refractivity contribution in [2.75, 3.05) is 0 Å². The molecule has 0 bridgehead atoms. The van der Waals surface area contributed by atoms with Crippen LogP contribution in [0.25, 0.3) is 0 Å². The molecule has 114 valence electrons. The van der Waals surface area contributed by atoms with Gasteiger partial charge in [0.05, 0.1) is 11.1 Å². The van der Waals surface area contributed by atoms with Crippen LogP contribution in [0.2, 0.25) is 0 Å². The van der Waals surface area contributed by atoms with E-state index >= 15 is 0 Å². The van der Waals surface area contributed by atoms with Gasteiger partial charge in [0.2, 0.25) is 0 Å². The minimum atomic E-state index is -4.44. The maximum atomic E-state index is 12.7. The van der Waals surface area contributed by atoms with Gasteiger partial charge >= 0.3 is 6.18 Å². The summed E-state index contributed by atoms with van der Waals surface area (Å²) in [7, 11) is 0. The Balaban J connectivity index is 2.22. The van der Waals surface area contributed by atoms with E-state index in [2.05, 4.69) is 6.92 Å². The molecule has 1 aliphatic carbocycles. The average Bonchev–Trinajstić information content (AvgIpc) is 2.47. The molecule has 1 fully saturated rings. The number of hydrogen-bond donors (Lipinski definition) is 0. The van der Waals surface area contributed by atoms with Crippen molar-refractivity contribution >= 4 is 0 Å². The van der Waals surface area contributed by atoms with E-state index in [1.165, 1.54) is 6.07 Å². The Morgan fingerprint density at radius 3 is 2.62 bits per heavy atom. The Hall–Kier alpha value is -1.70. The topological polar surface area (TPSA) is 33.0 Å². The van der Waals surface area contributed by atoms with E-state index in [0.717, 1.165) is 44.2 Å². The van der Waals surface area contributed by atoms with E-state index in [0.29, 0.717) is 5.92 Å². The summed E-state index contributed by atoms with van der Waals surface area (Å²) >= 11 is 0.